The first-order chi connectivity index (χ1) is 17.2. The molecular weight excluding hydrogens is 535 g/mol. The number of anilines is 2. The van der Waals surface area contributed by atoms with Gasteiger partial charge in [-0.05, 0) is 68.3 Å². The van der Waals surface area contributed by atoms with E-state index in [-0.39, 0.29) is 5.75 Å². The van der Waals surface area contributed by atoms with Crippen LogP contribution in [0.5, 0.6) is 5.75 Å². The molecule has 2 N–H and O–H groups in total. The second-order valence-electron chi connectivity index (χ2n) is 9.34. The van der Waals surface area contributed by atoms with Gasteiger partial charge in [0, 0.05) is 42.6 Å². The first-order valence-corrected chi connectivity index (χ1v) is 12.9. The van der Waals surface area contributed by atoms with Crippen molar-refractivity contribution in [2.75, 3.05) is 37.4 Å². The van der Waals surface area contributed by atoms with Crippen molar-refractivity contribution in [1.82, 2.24) is 15.3 Å². The molecule has 0 amide bonds. The van der Waals surface area contributed by atoms with Crippen molar-refractivity contribution >= 4 is 38.6 Å². The summed E-state index contributed by atoms with van der Waals surface area (Å²) in [6.07, 6.45) is -0.350. The molecule has 1 fully saturated rings. The first-order valence-electron chi connectivity index (χ1n) is 12.1. The van der Waals surface area contributed by atoms with Crippen molar-refractivity contribution < 1.29 is 17.9 Å². The molecule has 0 unspecified atom stereocenters. The zero-order valence-corrected chi connectivity index (χ0v) is 22.0. The molecule has 10 heteroatoms. The average Bonchev–Trinajstić information content (AvgIpc) is 2.84. The molecule has 0 bridgehead atoms. The Balaban J connectivity index is 1.26. The van der Waals surface area contributed by atoms with Gasteiger partial charge >= 0.3 is 6.36 Å². The molecule has 1 saturated carbocycles. The van der Waals surface area contributed by atoms with E-state index < -0.39 is 6.36 Å². The minimum absolute atomic E-state index is 0.173. The lowest BCUT2D eigenvalue weighted by molar-refractivity contribution is -0.274. The quantitative estimate of drug-likeness (QED) is 0.314. The maximum absolute atomic E-state index is 12.7. The number of hydrogen-bond donors (Lipinski definition) is 2. The summed E-state index contributed by atoms with van der Waals surface area (Å²) in [7, 11) is 3.91. The fourth-order valence-corrected chi connectivity index (χ4v) is 5.16. The summed E-state index contributed by atoms with van der Waals surface area (Å²) in [6, 6.07) is 12.7. The van der Waals surface area contributed by atoms with E-state index >= 15 is 0 Å². The highest BCUT2D eigenvalue weighted by atomic mass is 79.9. The lowest BCUT2D eigenvalue weighted by Crippen LogP contribution is -2.32. The number of nitrogens with one attached hydrogen (secondary N) is 2. The number of aromatic nitrogens is 2. The predicted octanol–water partition coefficient (Wildman–Crippen LogP) is 6.37. The summed E-state index contributed by atoms with van der Waals surface area (Å²) >= 11 is 3.21. The van der Waals surface area contributed by atoms with Gasteiger partial charge in [-0.1, -0.05) is 34.1 Å². The van der Waals surface area contributed by atoms with Crippen molar-refractivity contribution in [3.63, 3.8) is 0 Å². The van der Waals surface area contributed by atoms with Crippen LogP contribution in [0.15, 0.2) is 46.9 Å². The van der Waals surface area contributed by atoms with Crippen LogP contribution in [0.1, 0.15) is 31.2 Å². The Hall–Kier alpha value is -2.59. The number of para-hydroxylation sites is 1. The Bertz CT molecular complexity index is 1170. The number of hydrogen-bond acceptors (Lipinski definition) is 6. The molecule has 36 heavy (non-hydrogen) atoms. The molecule has 194 valence electrons. The molecule has 0 saturated heterocycles. The topological polar surface area (TPSA) is 62.3 Å². The van der Waals surface area contributed by atoms with Crippen molar-refractivity contribution in [2.45, 2.75) is 38.6 Å². The largest absolute Gasteiger partial charge is 0.573 e. The molecule has 0 radical (unpaired) electrons. The van der Waals surface area contributed by atoms with Gasteiger partial charge in [-0.25, -0.2) is 4.98 Å². The number of rotatable bonds is 9. The van der Waals surface area contributed by atoms with Crippen LogP contribution in [0.4, 0.5) is 24.9 Å². The number of nitrogens with zero attached hydrogens (tertiary/aromatic N) is 3. The van der Waals surface area contributed by atoms with Crippen molar-refractivity contribution in [2.24, 2.45) is 11.8 Å². The third-order valence-corrected chi connectivity index (χ3v) is 7.16. The van der Waals surface area contributed by atoms with E-state index in [0.717, 1.165) is 55.5 Å². The average molecular weight is 566 g/mol. The van der Waals surface area contributed by atoms with Crippen LogP contribution >= 0.6 is 15.9 Å². The summed E-state index contributed by atoms with van der Waals surface area (Å²) in [5.41, 5.74) is 1.41. The van der Waals surface area contributed by atoms with Gasteiger partial charge in [0.05, 0.1) is 5.52 Å². The molecule has 0 aliphatic heterocycles. The fourth-order valence-electron chi connectivity index (χ4n) is 4.82. The van der Waals surface area contributed by atoms with Crippen LogP contribution in [0.2, 0.25) is 0 Å². The van der Waals surface area contributed by atoms with E-state index in [1.165, 1.54) is 6.07 Å². The van der Waals surface area contributed by atoms with Crippen LogP contribution in [0.25, 0.3) is 10.9 Å². The van der Waals surface area contributed by atoms with E-state index in [4.69, 9.17) is 9.97 Å². The van der Waals surface area contributed by atoms with Gasteiger partial charge in [-0.15, -0.1) is 13.2 Å². The van der Waals surface area contributed by atoms with Gasteiger partial charge in [0.25, 0.3) is 0 Å². The second-order valence-corrected chi connectivity index (χ2v) is 10.3. The standard InChI is InChI=1S/C26H31BrF3N5O/c1-31-24-21-5-3-4-6-22(21)33-25(34-24)35(2)16-18-9-7-17(8-10-18)14-32-15-19-11-12-20(27)13-23(19)36-26(28,29)30/h3-6,11-13,17-18,32H,7-10,14-16H2,1-2H3,(H,31,33,34)/t17-,18-. The van der Waals surface area contributed by atoms with E-state index in [9.17, 15) is 13.2 Å². The van der Waals surface area contributed by atoms with Crippen LogP contribution in [0.3, 0.4) is 0 Å². The minimum atomic E-state index is -4.71. The molecule has 4 rings (SSSR count). The maximum Gasteiger partial charge on any atom is 0.573 e. The fraction of sp³-hybridized carbons (Fsp3) is 0.462. The smallest absolute Gasteiger partial charge is 0.405 e. The number of halogens is 4. The third-order valence-electron chi connectivity index (χ3n) is 6.67. The van der Waals surface area contributed by atoms with E-state index in [1.807, 2.05) is 38.4 Å². The summed E-state index contributed by atoms with van der Waals surface area (Å²) in [4.78, 5) is 11.6. The van der Waals surface area contributed by atoms with Gasteiger partial charge in [0.15, 0.2) is 0 Å². The van der Waals surface area contributed by atoms with E-state index in [2.05, 4.69) is 36.2 Å². The van der Waals surface area contributed by atoms with Gasteiger partial charge < -0.3 is 20.3 Å². The molecule has 3 aromatic rings. The SMILES string of the molecule is CNc1nc(N(C)C[C@H]2CC[C@H](CNCc3ccc(Br)cc3OC(F)(F)F)CC2)nc2ccccc12. The Kier molecular flexibility index (Phi) is 8.56. The molecule has 1 aliphatic carbocycles. The molecular formula is C26H31BrF3N5O. The Morgan fingerprint density at radius 2 is 1.78 bits per heavy atom. The normalized spacial score (nSPS) is 18.3. The van der Waals surface area contributed by atoms with Gasteiger partial charge in [0.1, 0.15) is 11.6 Å². The van der Waals surface area contributed by atoms with E-state index in [0.29, 0.717) is 34.4 Å². The Labute approximate surface area is 217 Å². The van der Waals surface area contributed by atoms with Crippen LogP contribution in [0, 0.1) is 11.8 Å². The molecule has 1 heterocycles. The summed E-state index contributed by atoms with van der Waals surface area (Å²) in [6.45, 7) is 1.98. The van der Waals surface area contributed by atoms with Gasteiger partial charge in [-0.3, -0.25) is 0 Å². The molecule has 0 atom stereocenters. The highest BCUT2D eigenvalue weighted by molar-refractivity contribution is 9.10. The molecule has 2 aromatic carbocycles. The number of alkyl halides is 3. The van der Waals surface area contributed by atoms with Crippen LogP contribution in [-0.4, -0.2) is 43.5 Å². The van der Waals surface area contributed by atoms with E-state index in [1.54, 1.807) is 12.1 Å². The lowest BCUT2D eigenvalue weighted by Gasteiger charge is -2.31. The monoisotopic (exact) mass is 565 g/mol. The van der Waals surface area contributed by atoms with Gasteiger partial charge in [0.2, 0.25) is 5.95 Å². The zero-order valence-electron chi connectivity index (χ0n) is 20.4. The third kappa shape index (κ3) is 7.00. The van der Waals surface area contributed by atoms with Crippen molar-refractivity contribution in [3.8, 4) is 5.75 Å². The summed E-state index contributed by atoms with van der Waals surface area (Å²) < 4.78 is 42.9. The number of ether oxygens (including phenoxy) is 1. The molecule has 1 aliphatic rings. The lowest BCUT2D eigenvalue weighted by atomic mass is 9.81. The highest BCUT2D eigenvalue weighted by Gasteiger charge is 2.32. The van der Waals surface area contributed by atoms with Crippen LogP contribution in [-0.2, 0) is 6.54 Å². The number of benzene rings is 2. The molecule has 0 spiro atoms. The maximum atomic E-state index is 12.7. The molecule has 1 aromatic heterocycles. The highest BCUT2D eigenvalue weighted by Crippen LogP contribution is 2.32. The number of fused-ring (bicyclic) bond motifs is 1. The van der Waals surface area contributed by atoms with Crippen LogP contribution < -0.4 is 20.3 Å². The minimum Gasteiger partial charge on any atom is -0.405 e. The van der Waals surface area contributed by atoms with Crippen molar-refractivity contribution in [1.29, 1.82) is 0 Å². The summed E-state index contributed by atoms with van der Waals surface area (Å²) in [5, 5.41) is 7.51. The Morgan fingerprint density at radius 3 is 2.50 bits per heavy atom. The predicted molar refractivity (Wildman–Crippen MR) is 140 cm³/mol. The Morgan fingerprint density at radius 1 is 1.06 bits per heavy atom. The van der Waals surface area contributed by atoms with Gasteiger partial charge in [-0.2, -0.15) is 4.98 Å². The zero-order chi connectivity index (χ0) is 25.7. The second kappa shape index (κ2) is 11.6. The first kappa shape index (κ1) is 26.5. The molecule has 6 nitrogen and oxygen atoms in total. The van der Waals surface area contributed by atoms with Crippen molar-refractivity contribution in [3.05, 3.63) is 52.5 Å². The summed E-state index contributed by atoms with van der Waals surface area (Å²) in [5.74, 6) is 2.42.